The Labute approximate surface area is 299 Å². The van der Waals surface area contributed by atoms with E-state index < -0.39 is 40.6 Å². The lowest BCUT2D eigenvalue weighted by molar-refractivity contribution is -0.149. The number of carbonyl (C=O) groups excluding carboxylic acids is 3. The van der Waals surface area contributed by atoms with Gasteiger partial charge in [0.15, 0.2) is 0 Å². The van der Waals surface area contributed by atoms with Crippen LogP contribution in [0.4, 0.5) is 0 Å². The fourth-order valence-electron chi connectivity index (χ4n) is 6.46. The third kappa shape index (κ3) is 24.4. The molecule has 0 aliphatic rings. The summed E-state index contributed by atoms with van der Waals surface area (Å²) in [5.41, 5.74) is -1.78. The molecule has 0 aromatic rings. The van der Waals surface area contributed by atoms with Crippen LogP contribution in [0.25, 0.3) is 0 Å². The number of aliphatic carboxylic acids is 2. The molecule has 3 amide bonds. The van der Waals surface area contributed by atoms with Crippen LogP contribution in [0, 0.1) is 22.2 Å². The summed E-state index contributed by atoms with van der Waals surface area (Å²) in [6, 6.07) is -1.26. The first-order valence-corrected chi connectivity index (χ1v) is 17.6. The van der Waals surface area contributed by atoms with Gasteiger partial charge in [-0.05, 0) is 70.1 Å². The molecule has 0 aromatic carbocycles. The maximum Gasteiger partial charge on any atom is 0.326 e. The Balaban J connectivity index is 4.01. The molecule has 14 heteroatoms. The predicted molar refractivity (Wildman–Crippen MR) is 190 cm³/mol. The SMILES string of the molecule is CC(C)CC(C)(C)CC(C)(C)OCCOCCNC(=O)COCCOCCNC(=O)CCC(NC(=O)CC(C)(C)CC(C)(C)C(=O)O)C(=O)O. The largest absolute Gasteiger partial charge is 0.481 e. The molecule has 0 radical (unpaired) electrons. The van der Waals surface area contributed by atoms with Crippen LogP contribution in [0.2, 0.25) is 0 Å². The van der Waals surface area contributed by atoms with Crippen molar-refractivity contribution in [3.05, 3.63) is 0 Å². The summed E-state index contributed by atoms with van der Waals surface area (Å²) >= 11 is 0. The highest BCUT2D eigenvalue weighted by Crippen LogP contribution is 2.37. The number of ether oxygens (including phenoxy) is 4. The van der Waals surface area contributed by atoms with Gasteiger partial charge in [0, 0.05) is 25.9 Å². The summed E-state index contributed by atoms with van der Waals surface area (Å²) < 4.78 is 22.3. The monoisotopic (exact) mass is 717 g/mol. The highest BCUT2D eigenvalue weighted by atomic mass is 16.5. The maximum absolute atomic E-state index is 12.5. The van der Waals surface area contributed by atoms with E-state index in [1.54, 1.807) is 27.7 Å². The van der Waals surface area contributed by atoms with Crippen molar-refractivity contribution in [2.24, 2.45) is 22.2 Å². The summed E-state index contributed by atoms with van der Waals surface area (Å²) in [5.74, 6) is -2.81. The van der Waals surface area contributed by atoms with Crippen LogP contribution in [0.1, 0.15) is 108 Å². The molecular formula is C36H67N3O11. The third-order valence-corrected chi connectivity index (χ3v) is 7.76. The second kappa shape index (κ2) is 22.9. The van der Waals surface area contributed by atoms with Crippen molar-refractivity contribution in [3.63, 3.8) is 0 Å². The molecule has 1 unspecified atom stereocenters. The first-order chi connectivity index (χ1) is 23.0. The van der Waals surface area contributed by atoms with E-state index in [0.717, 1.165) is 12.8 Å². The number of carbonyl (C=O) groups is 5. The standard InChI is InChI=1S/C36H67N3O11/c1-26(2)21-33(3,4)25-36(9,10)50-20-19-48-16-14-38-30(42)23-49-18-17-47-15-13-37-28(40)12-11-27(31(43)44)39-29(41)22-34(5,6)24-35(7,8)32(45)46/h26-27H,11-25H2,1-10H3,(H,37,40)(H,38,42)(H,39,41)(H,43,44)(H,45,46). The second-order valence-corrected chi connectivity index (χ2v) is 16.2. The van der Waals surface area contributed by atoms with Crippen molar-refractivity contribution < 1.29 is 53.1 Å². The van der Waals surface area contributed by atoms with Crippen molar-refractivity contribution in [2.45, 2.75) is 119 Å². The van der Waals surface area contributed by atoms with E-state index >= 15 is 0 Å². The van der Waals surface area contributed by atoms with E-state index in [2.05, 4.69) is 57.5 Å². The Morgan fingerprint density at radius 1 is 0.660 bits per heavy atom. The Morgan fingerprint density at radius 3 is 1.74 bits per heavy atom. The normalized spacial score (nSPS) is 13.2. The van der Waals surface area contributed by atoms with E-state index in [9.17, 15) is 34.2 Å². The number of hydrogen-bond donors (Lipinski definition) is 5. The van der Waals surface area contributed by atoms with Gasteiger partial charge >= 0.3 is 11.9 Å². The lowest BCUT2D eigenvalue weighted by Gasteiger charge is -2.36. The number of carboxylic acid groups (broad SMARTS) is 2. The maximum atomic E-state index is 12.5. The fourth-order valence-corrected chi connectivity index (χ4v) is 6.46. The number of hydrogen-bond acceptors (Lipinski definition) is 9. The van der Waals surface area contributed by atoms with Gasteiger partial charge in [0.2, 0.25) is 17.7 Å². The van der Waals surface area contributed by atoms with Crippen LogP contribution in [0.3, 0.4) is 0 Å². The lowest BCUT2D eigenvalue weighted by Crippen LogP contribution is -2.43. The Hall–Kier alpha value is -2.81. The lowest BCUT2D eigenvalue weighted by atomic mass is 9.73. The Morgan fingerprint density at radius 2 is 1.20 bits per heavy atom. The molecule has 14 nitrogen and oxygen atoms in total. The van der Waals surface area contributed by atoms with Crippen molar-refractivity contribution in [1.29, 1.82) is 0 Å². The number of carboxylic acids is 2. The number of rotatable bonds is 29. The van der Waals surface area contributed by atoms with Crippen LogP contribution in [-0.2, 0) is 42.9 Å². The van der Waals surface area contributed by atoms with Crippen LogP contribution in [-0.4, -0.2) is 111 Å². The molecule has 0 heterocycles. The second-order valence-electron chi connectivity index (χ2n) is 16.2. The van der Waals surface area contributed by atoms with Gasteiger partial charge in [-0.1, -0.05) is 41.5 Å². The summed E-state index contributed by atoms with van der Waals surface area (Å²) in [6.07, 6.45) is 2.01. The summed E-state index contributed by atoms with van der Waals surface area (Å²) in [7, 11) is 0. The molecule has 1 atom stereocenters. The van der Waals surface area contributed by atoms with E-state index in [0.29, 0.717) is 32.3 Å². The van der Waals surface area contributed by atoms with Gasteiger partial charge in [-0.25, -0.2) is 4.79 Å². The Bertz CT molecular complexity index is 1060. The van der Waals surface area contributed by atoms with E-state index in [1.165, 1.54) is 0 Å². The minimum absolute atomic E-state index is 0.0621. The van der Waals surface area contributed by atoms with E-state index in [-0.39, 0.29) is 75.6 Å². The van der Waals surface area contributed by atoms with Crippen LogP contribution >= 0.6 is 0 Å². The van der Waals surface area contributed by atoms with Crippen LogP contribution in [0.15, 0.2) is 0 Å². The van der Waals surface area contributed by atoms with Gasteiger partial charge in [0.25, 0.3) is 0 Å². The zero-order valence-corrected chi connectivity index (χ0v) is 32.3. The number of amides is 3. The van der Waals surface area contributed by atoms with E-state index in [1.807, 2.05) is 0 Å². The van der Waals surface area contributed by atoms with Crippen molar-refractivity contribution in [2.75, 3.05) is 59.3 Å². The quantitative estimate of drug-likeness (QED) is 0.0706. The van der Waals surface area contributed by atoms with Crippen LogP contribution in [0.5, 0.6) is 0 Å². The summed E-state index contributed by atoms with van der Waals surface area (Å²) in [5, 5.41) is 26.7. The molecule has 292 valence electrons. The molecule has 0 fully saturated rings. The van der Waals surface area contributed by atoms with Crippen molar-refractivity contribution >= 4 is 29.7 Å². The first kappa shape index (κ1) is 47.2. The number of nitrogens with one attached hydrogen (secondary N) is 3. The molecular weight excluding hydrogens is 650 g/mol. The van der Waals surface area contributed by atoms with Crippen molar-refractivity contribution in [1.82, 2.24) is 16.0 Å². The van der Waals surface area contributed by atoms with Gasteiger partial charge < -0.3 is 45.1 Å². The minimum Gasteiger partial charge on any atom is -0.481 e. The molecule has 5 N–H and O–H groups in total. The average Bonchev–Trinajstić information content (AvgIpc) is 2.93. The summed E-state index contributed by atoms with van der Waals surface area (Å²) in [6.45, 7) is 22.1. The molecule has 0 rings (SSSR count). The van der Waals surface area contributed by atoms with Gasteiger partial charge in [-0.3, -0.25) is 19.2 Å². The minimum atomic E-state index is -1.27. The van der Waals surface area contributed by atoms with Gasteiger partial charge in [-0.15, -0.1) is 0 Å². The van der Waals surface area contributed by atoms with Gasteiger partial charge in [0.1, 0.15) is 12.6 Å². The highest BCUT2D eigenvalue weighted by molar-refractivity contribution is 5.85. The predicted octanol–water partition coefficient (Wildman–Crippen LogP) is 3.79. The molecule has 0 spiro atoms. The zero-order valence-electron chi connectivity index (χ0n) is 32.3. The van der Waals surface area contributed by atoms with Crippen LogP contribution < -0.4 is 16.0 Å². The summed E-state index contributed by atoms with van der Waals surface area (Å²) in [4.78, 5) is 59.7. The fraction of sp³-hybridized carbons (Fsp3) is 0.861. The molecule has 0 aliphatic heterocycles. The molecule has 0 bridgehead atoms. The zero-order chi connectivity index (χ0) is 38.6. The highest BCUT2D eigenvalue weighted by Gasteiger charge is 2.36. The smallest absolute Gasteiger partial charge is 0.326 e. The molecule has 50 heavy (non-hydrogen) atoms. The Kier molecular flexibility index (Phi) is 21.6. The van der Waals surface area contributed by atoms with E-state index in [4.69, 9.17) is 18.9 Å². The van der Waals surface area contributed by atoms with Gasteiger partial charge in [-0.2, -0.15) is 0 Å². The first-order valence-electron chi connectivity index (χ1n) is 17.6. The average molecular weight is 718 g/mol. The third-order valence-electron chi connectivity index (χ3n) is 7.76. The van der Waals surface area contributed by atoms with Gasteiger partial charge in [0.05, 0.1) is 50.7 Å². The molecule has 0 aliphatic carbocycles. The molecule has 0 saturated heterocycles. The topological polar surface area (TPSA) is 199 Å². The molecule has 0 aromatic heterocycles. The van der Waals surface area contributed by atoms with Crippen molar-refractivity contribution in [3.8, 4) is 0 Å². The molecule has 0 saturated carbocycles.